The predicted octanol–water partition coefficient (Wildman–Crippen LogP) is 1.92. The average molecular weight is 499 g/mol. The summed E-state index contributed by atoms with van der Waals surface area (Å²) in [6.07, 6.45) is 0.863. The van der Waals surface area contributed by atoms with Crippen molar-refractivity contribution in [2.24, 2.45) is 23.2 Å². The molecule has 3 amide bonds. The van der Waals surface area contributed by atoms with Gasteiger partial charge in [-0.05, 0) is 41.2 Å². The summed E-state index contributed by atoms with van der Waals surface area (Å²) in [6, 6.07) is 15.2. The Morgan fingerprint density at radius 3 is 2.35 bits per heavy atom. The predicted molar refractivity (Wildman–Crippen MR) is 134 cm³/mol. The van der Waals surface area contributed by atoms with E-state index in [0.29, 0.717) is 30.6 Å². The highest BCUT2D eigenvalue weighted by Gasteiger charge is 2.70. The van der Waals surface area contributed by atoms with Crippen LogP contribution in [0.4, 0.5) is 0 Å². The first-order valence-corrected chi connectivity index (χ1v) is 12.9. The first-order chi connectivity index (χ1) is 17.7. The molecule has 3 fully saturated rings. The molecule has 0 aromatic heterocycles. The van der Waals surface area contributed by atoms with Gasteiger partial charge in [0.15, 0.2) is 5.60 Å². The van der Waals surface area contributed by atoms with Gasteiger partial charge in [0, 0.05) is 30.1 Å². The monoisotopic (exact) mass is 498 g/mol. The lowest BCUT2D eigenvalue weighted by Crippen LogP contribution is -2.56. The fourth-order valence-corrected chi connectivity index (χ4v) is 7.00. The second-order valence-electron chi connectivity index (χ2n) is 11.4. The normalized spacial score (nSPS) is 28.4. The second kappa shape index (κ2) is 8.15. The van der Waals surface area contributed by atoms with Crippen LogP contribution in [0.2, 0.25) is 0 Å². The third-order valence-electron chi connectivity index (χ3n) is 9.13. The minimum atomic E-state index is -1.90. The van der Waals surface area contributed by atoms with E-state index in [2.05, 4.69) is 30.6 Å². The number of carbonyl (C=O) groups excluding carboxylic acids is 3. The van der Waals surface area contributed by atoms with Gasteiger partial charge in [0.05, 0.1) is 6.07 Å². The van der Waals surface area contributed by atoms with Gasteiger partial charge in [-0.3, -0.25) is 14.4 Å². The Hall–Kier alpha value is -3.70. The number of benzene rings is 2. The minimum absolute atomic E-state index is 0.0685. The second-order valence-corrected chi connectivity index (χ2v) is 11.4. The third kappa shape index (κ3) is 3.33. The molecule has 37 heavy (non-hydrogen) atoms. The van der Waals surface area contributed by atoms with E-state index in [4.69, 9.17) is 0 Å². The van der Waals surface area contributed by atoms with Gasteiger partial charge >= 0.3 is 0 Å². The number of rotatable bonds is 5. The molecule has 2 aliphatic heterocycles. The fraction of sp³-hybridized carbons (Fsp3) is 0.448. The summed E-state index contributed by atoms with van der Waals surface area (Å²) in [5.74, 6) is -1.28. The highest BCUT2D eigenvalue weighted by molar-refractivity contribution is 6.01. The van der Waals surface area contributed by atoms with Crippen molar-refractivity contribution in [1.82, 2.24) is 15.5 Å². The highest BCUT2D eigenvalue weighted by Crippen LogP contribution is 2.65. The molecule has 0 bridgehead atoms. The molecule has 5 atom stereocenters. The Kier molecular flexibility index (Phi) is 5.22. The Morgan fingerprint density at radius 1 is 1.16 bits per heavy atom. The molecule has 6 rings (SSSR count). The van der Waals surface area contributed by atoms with Gasteiger partial charge in [-0.2, -0.15) is 5.26 Å². The van der Waals surface area contributed by atoms with Crippen LogP contribution in [0.15, 0.2) is 48.5 Å². The molecule has 190 valence electrons. The minimum Gasteiger partial charge on any atom is -0.372 e. The van der Waals surface area contributed by atoms with Crippen LogP contribution in [0.1, 0.15) is 37.8 Å². The number of aliphatic hydroxyl groups is 1. The quantitative estimate of drug-likeness (QED) is 0.581. The van der Waals surface area contributed by atoms with Crippen molar-refractivity contribution in [3.05, 3.63) is 59.7 Å². The maximum atomic E-state index is 14.2. The van der Waals surface area contributed by atoms with Crippen LogP contribution in [-0.2, 0) is 20.0 Å². The van der Waals surface area contributed by atoms with Crippen LogP contribution < -0.4 is 10.6 Å². The maximum absolute atomic E-state index is 14.2. The lowest BCUT2D eigenvalue weighted by Gasteiger charge is -2.36. The molecule has 2 aromatic rings. The third-order valence-corrected chi connectivity index (χ3v) is 9.13. The van der Waals surface area contributed by atoms with Gasteiger partial charge in [0.2, 0.25) is 11.8 Å². The van der Waals surface area contributed by atoms with Crippen molar-refractivity contribution in [3.8, 4) is 17.2 Å². The summed E-state index contributed by atoms with van der Waals surface area (Å²) >= 11 is 0. The molecule has 2 aromatic carbocycles. The molecule has 2 heterocycles. The van der Waals surface area contributed by atoms with E-state index in [1.807, 2.05) is 24.3 Å². The van der Waals surface area contributed by atoms with E-state index in [1.165, 1.54) is 4.90 Å². The average Bonchev–Trinajstić information content (AvgIpc) is 3.32. The number of fused-ring (bicyclic) bond motifs is 4. The molecule has 1 saturated carbocycles. The van der Waals surface area contributed by atoms with E-state index in [1.54, 1.807) is 24.3 Å². The van der Waals surface area contributed by atoms with Gasteiger partial charge in [-0.1, -0.05) is 62.4 Å². The van der Waals surface area contributed by atoms with Crippen molar-refractivity contribution in [3.63, 3.8) is 0 Å². The Labute approximate surface area is 215 Å². The molecule has 0 radical (unpaired) electrons. The highest BCUT2D eigenvalue weighted by atomic mass is 16.3. The lowest BCUT2D eigenvalue weighted by atomic mass is 9.88. The molecule has 8 nitrogen and oxygen atoms in total. The number of carbonyl (C=O) groups is 3. The number of piperidine rings is 1. The number of likely N-dealkylation sites (tertiary alicyclic amines) is 1. The summed E-state index contributed by atoms with van der Waals surface area (Å²) in [4.78, 5) is 41.5. The zero-order valence-electron chi connectivity index (χ0n) is 20.9. The topological polar surface area (TPSA) is 123 Å². The van der Waals surface area contributed by atoms with Gasteiger partial charge < -0.3 is 20.6 Å². The number of nitrogens with one attached hydrogen (secondary N) is 2. The standard InChI is InChI=1S/C29H30N4O4/c1-28(2)22-15-33(24(23(22)28)26(35)32-17(14-30)13-16-11-12-31-25(16)34)27(36)29(37)20-9-5-3-7-18(20)19-8-4-6-10-21(19)29/h3-10,16-17,22-24,37H,11-13,15H2,1-2H3,(H,31,34)(H,32,35)/t16-,17-,22-,23-,24+/m1/s1. The molecule has 2 aliphatic carbocycles. The Balaban J connectivity index is 1.31. The SMILES string of the molecule is CC1(C)[C@H]2[C@@H](C(=O)N[C@@H](C#N)C[C@H]3CCNC3=O)N(C(=O)C3(O)c4ccccc4-c4ccccc43)C[C@H]21. The number of amides is 3. The maximum Gasteiger partial charge on any atom is 0.264 e. The van der Waals surface area contributed by atoms with E-state index < -0.39 is 29.5 Å². The molecular formula is C29H30N4O4. The van der Waals surface area contributed by atoms with Crippen molar-refractivity contribution >= 4 is 17.7 Å². The summed E-state index contributed by atoms with van der Waals surface area (Å²) in [5, 5.41) is 27.4. The molecular weight excluding hydrogens is 468 g/mol. The number of hydrogen-bond donors (Lipinski definition) is 3. The first kappa shape index (κ1) is 23.7. The van der Waals surface area contributed by atoms with E-state index in [0.717, 1.165) is 11.1 Å². The van der Waals surface area contributed by atoms with Crippen LogP contribution in [-0.4, -0.2) is 52.9 Å². The van der Waals surface area contributed by atoms with Crippen LogP contribution in [0.5, 0.6) is 0 Å². The number of hydrogen-bond acceptors (Lipinski definition) is 5. The van der Waals surface area contributed by atoms with Crippen LogP contribution >= 0.6 is 0 Å². The molecule has 0 unspecified atom stereocenters. The summed E-state index contributed by atoms with van der Waals surface area (Å²) < 4.78 is 0. The number of nitriles is 1. The van der Waals surface area contributed by atoms with Gasteiger partial charge in [0.1, 0.15) is 12.1 Å². The molecule has 0 spiro atoms. The van der Waals surface area contributed by atoms with Gasteiger partial charge in [0.25, 0.3) is 5.91 Å². The smallest absolute Gasteiger partial charge is 0.264 e. The zero-order chi connectivity index (χ0) is 26.1. The van der Waals surface area contributed by atoms with Crippen LogP contribution in [0.25, 0.3) is 11.1 Å². The van der Waals surface area contributed by atoms with E-state index >= 15 is 0 Å². The zero-order valence-corrected chi connectivity index (χ0v) is 20.9. The fourth-order valence-electron chi connectivity index (χ4n) is 7.00. The largest absolute Gasteiger partial charge is 0.372 e. The summed E-state index contributed by atoms with van der Waals surface area (Å²) in [5.41, 5.74) is 0.617. The summed E-state index contributed by atoms with van der Waals surface area (Å²) in [6.45, 7) is 5.11. The number of nitrogens with zero attached hydrogens (tertiary/aromatic N) is 2. The molecule has 2 saturated heterocycles. The van der Waals surface area contributed by atoms with Crippen LogP contribution in [0, 0.1) is 34.5 Å². The van der Waals surface area contributed by atoms with E-state index in [9.17, 15) is 24.8 Å². The Morgan fingerprint density at radius 2 is 1.78 bits per heavy atom. The molecule has 8 heteroatoms. The first-order valence-electron chi connectivity index (χ1n) is 12.9. The van der Waals surface area contributed by atoms with Crippen molar-refractivity contribution in [1.29, 1.82) is 5.26 Å². The molecule has 4 aliphatic rings. The Bertz CT molecular complexity index is 1320. The summed E-state index contributed by atoms with van der Waals surface area (Å²) in [7, 11) is 0. The van der Waals surface area contributed by atoms with Gasteiger partial charge in [-0.15, -0.1) is 0 Å². The van der Waals surface area contributed by atoms with E-state index in [-0.39, 0.29) is 35.5 Å². The molecule has 3 N–H and O–H groups in total. The van der Waals surface area contributed by atoms with Crippen molar-refractivity contribution < 1.29 is 19.5 Å². The van der Waals surface area contributed by atoms with Crippen LogP contribution in [0.3, 0.4) is 0 Å². The van der Waals surface area contributed by atoms with Crippen molar-refractivity contribution in [2.75, 3.05) is 13.1 Å². The van der Waals surface area contributed by atoms with Gasteiger partial charge in [-0.25, -0.2) is 0 Å². The lowest BCUT2D eigenvalue weighted by molar-refractivity contribution is -0.153. The van der Waals surface area contributed by atoms with Crippen molar-refractivity contribution in [2.45, 2.75) is 44.4 Å².